The maximum absolute atomic E-state index is 13.9. The first kappa shape index (κ1) is 21.7. The first-order chi connectivity index (χ1) is 16.1. The van der Waals surface area contributed by atoms with Crippen LogP contribution in [0.25, 0.3) is 10.9 Å². The maximum atomic E-state index is 13.9. The molecule has 2 fully saturated rings. The summed E-state index contributed by atoms with van der Waals surface area (Å²) in [4.78, 5) is 21.5. The molecule has 2 saturated carbocycles. The predicted molar refractivity (Wildman–Crippen MR) is 122 cm³/mol. The lowest BCUT2D eigenvalue weighted by atomic mass is 9.87. The monoisotopic (exact) mass is 443 g/mol. The summed E-state index contributed by atoms with van der Waals surface area (Å²) in [6.07, 6.45) is 7.34. The van der Waals surface area contributed by atoms with E-state index in [4.69, 9.17) is 10.00 Å². The minimum absolute atomic E-state index is 0.0705. The molecule has 33 heavy (non-hydrogen) atoms. The van der Waals surface area contributed by atoms with Gasteiger partial charge in [-0.25, -0.2) is 9.37 Å². The van der Waals surface area contributed by atoms with Gasteiger partial charge in [0.1, 0.15) is 23.7 Å². The third-order valence-electron chi connectivity index (χ3n) is 7.55. The Bertz CT molecular complexity index is 1210. The second-order valence-electron chi connectivity index (χ2n) is 9.44. The van der Waals surface area contributed by atoms with Crippen molar-refractivity contribution in [1.82, 2.24) is 9.97 Å². The molecule has 5 nitrogen and oxygen atoms in total. The van der Waals surface area contributed by atoms with E-state index >= 15 is 0 Å². The lowest BCUT2D eigenvalue weighted by Gasteiger charge is -2.23. The highest BCUT2D eigenvalue weighted by Crippen LogP contribution is 2.54. The summed E-state index contributed by atoms with van der Waals surface area (Å²) in [5.74, 6) is 1.57. The van der Waals surface area contributed by atoms with Crippen LogP contribution in [0.5, 0.6) is 0 Å². The minimum Gasteiger partial charge on any atom is -0.373 e. The lowest BCUT2D eigenvalue weighted by Crippen LogP contribution is -2.32. The summed E-state index contributed by atoms with van der Waals surface area (Å²) in [6, 6.07) is 12.3. The highest BCUT2D eigenvalue weighted by Gasteiger charge is 2.45. The zero-order valence-corrected chi connectivity index (χ0v) is 18.6. The zero-order chi connectivity index (χ0) is 22.9. The summed E-state index contributed by atoms with van der Waals surface area (Å²) < 4.78 is 19.6. The topological polar surface area (TPSA) is 75.9 Å². The Kier molecular flexibility index (Phi) is 5.90. The van der Waals surface area contributed by atoms with Crippen molar-refractivity contribution in [2.24, 2.45) is 17.8 Å². The fourth-order valence-electron chi connectivity index (χ4n) is 6.14. The molecule has 168 valence electrons. The molecule has 0 aliphatic heterocycles. The standard InChI is InChI=1S/C27H26FN3O2/c1-33-27(26(32)8-16-2-4-22(14-29)31-15-16)20-11-17-9-19(10-18(17)12-20)23-6-7-30-25-5-3-21(28)13-24(23)25/h2-7,13,15,17-20,27H,8-12H2,1H3/t17-,18+,19?,20?,27?. The van der Waals surface area contributed by atoms with Crippen molar-refractivity contribution in [3.05, 3.63) is 71.4 Å². The first-order valence-electron chi connectivity index (χ1n) is 11.5. The molecule has 0 N–H and O–H groups in total. The number of ketones is 1. The Labute approximate surface area is 192 Å². The number of benzene rings is 1. The van der Waals surface area contributed by atoms with Gasteiger partial charge in [0.05, 0.1) is 5.52 Å². The number of hydrogen-bond donors (Lipinski definition) is 0. The van der Waals surface area contributed by atoms with E-state index < -0.39 is 6.10 Å². The zero-order valence-electron chi connectivity index (χ0n) is 18.6. The molecular weight excluding hydrogens is 417 g/mol. The molecule has 0 bridgehead atoms. The number of nitriles is 1. The van der Waals surface area contributed by atoms with Crippen LogP contribution in [0.2, 0.25) is 0 Å². The number of fused-ring (bicyclic) bond motifs is 2. The second-order valence-corrected chi connectivity index (χ2v) is 9.44. The molecule has 5 rings (SSSR count). The number of carbonyl (C=O) groups is 1. The number of halogens is 1. The summed E-state index contributed by atoms with van der Waals surface area (Å²) in [7, 11) is 1.62. The summed E-state index contributed by atoms with van der Waals surface area (Å²) in [6.45, 7) is 0. The van der Waals surface area contributed by atoms with Crippen LogP contribution in [0.3, 0.4) is 0 Å². The molecule has 5 atom stereocenters. The van der Waals surface area contributed by atoms with Crippen LogP contribution in [0.1, 0.15) is 48.4 Å². The molecular formula is C27H26FN3O2. The van der Waals surface area contributed by atoms with Gasteiger partial charge < -0.3 is 4.74 Å². The van der Waals surface area contributed by atoms with Gasteiger partial charge in [-0.1, -0.05) is 6.07 Å². The van der Waals surface area contributed by atoms with Gasteiger partial charge in [0.25, 0.3) is 0 Å². The molecule has 0 amide bonds. The Morgan fingerprint density at radius 1 is 1.15 bits per heavy atom. The van der Waals surface area contributed by atoms with Gasteiger partial charge in [0.15, 0.2) is 5.78 Å². The van der Waals surface area contributed by atoms with Crippen LogP contribution in [-0.4, -0.2) is 29.0 Å². The van der Waals surface area contributed by atoms with Gasteiger partial charge in [0, 0.05) is 31.3 Å². The van der Waals surface area contributed by atoms with Gasteiger partial charge in [-0.3, -0.25) is 9.78 Å². The van der Waals surface area contributed by atoms with E-state index in [-0.39, 0.29) is 23.9 Å². The fourth-order valence-corrected chi connectivity index (χ4v) is 6.14. The smallest absolute Gasteiger partial charge is 0.166 e. The fraction of sp³-hybridized carbons (Fsp3) is 0.407. The van der Waals surface area contributed by atoms with E-state index in [1.54, 1.807) is 37.6 Å². The van der Waals surface area contributed by atoms with Crippen molar-refractivity contribution in [2.75, 3.05) is 7.11 Å². The van der Waals surface area contributed by atoms with Crippen LogP contribution in [-0.2, 0) is 16.0 Å². The van der Waals surface area contributed by atoms with Crippen LogP contribution in [0, 0.1) is 34.9 Å². The van der Waals surface area contributed by atoms with E-state index in [9.17, 15) is 9.18 Å². The molecule has 2 aliphatic rings. The van der Waals surface area contributed by atoms with Crippen molar-refractivity contribution in [2.45, 2.75) is 44.1 Å². The van der Waals surface area contributed by atoms with Crippen molar-refractivity contribution in [3.63, 3.8) is 0 Å². The van der Waals surface area contributed by atoms with E-state index in [1.807, 2.05) is 18.3 Å². The predicted octanol–water partition coefficient (Wildman–Crippen LogP) is 4.99. The molecule has 3 aromatic rings. The van der Waals surface area contributed by atoms with Crippen molar-refractivity contribution in [3.8, 4) is 6.07 Å². The van der Waals surface area contributed by atoms with Gasteiger partial charge >= 0.3 is 0 Å². The van der Waals surface area contributed by atoms with Crippen molar-refractivity contribution >= 4 is 16.7 Å². The second kappa shape index (κ2) is 8.99. The van der Waals surface area contributed by atoms with Crippen molar-refractivity contribution in [1.29, 1.82) is 5.26 Å². The van der Waals surface area contributed by atoms with E-state index in [0.717, 1.165) is 42.1 Å². The average Bonchev–Trinajstić information content (AvgIpc) is 3.39. The minimum atomic E-state index is -0.416. The van der Waals surface area contributed by atoms with Crippen LogP contribution >= 0.6 is 0 Å². The van der Waals surface area contributed by atoms with Crippen molar-refractivity contribution < 1.29 is 13.9 Å². The molecule has 0 radical (unpaired) electrons. The molecule has 2 aliphatic carbocycles. The highest BCUT2D eigenvalue weighted by atomic mass is 19.1. The number of aromatic nitrogens is 2. The number of rotatable bonds is 6. The maximum Gasteiger partial charge on any atom is 0.166 e. The summed E-state index contributed by atoms with van der Waals surface area (Å²) in [5, 5.41) is 9.81. The SMILES string of the molecule is COC(C(=O)Cc1ccc(C#N)nc1)C1C[C@H]2CC(c3ccnc4ccc(F)cc34)C[C@H]2C1. The molecule has 2 heterocycles. The molecule has 1 aromatic carbocycles. The average molecular weight is 444 g/mol. The molecule has 0 spiro atoms. The number of methoxy groups -OCH3 is 1. The van der Waals surface area contributed by atoms with E-state index in [0.29, 0.717) is 23.4 Å². The van der Waals surface area contributed by atoms with E-state index in [1.165, 1.54) is 11.6 Å². The Morgan fingerprint density at radius 3 is 2.61 bits per heavy atom. The highest BCUT2D eigenvalue weighted by molar-refractivity contribution is 5.85. The number of pyridine rings is 2. The number of ether oxygens (including phenoxy) is 1. The number of hydrogen-bond acceptors (Lipinski definition) is 5. The van der Waals surface area contributed by atoms with Crippen LogP contribution in [0.15, 0.2) is 48.8 Å². The Balaban J connectivity index is 1.25. The summed E-state index contributed by atoms with van der Waals surface area (Å²) in [5.41, 5.74) is 3.18. The van der Waals surface area contributed by atoms with E-state index in [2.05, 4.69) is 9.97 Å². The largest absolute Gasteiger partial charge is 0.373 e. The molecule has 0 saturated heterocycles. The number of carbonyl (C=O) groups excluding carboxylic acids is 1. The summed E-state index contributed by atoms with van der Waals surface area (Å²) >= 11 is 0. The van der Waals surface area contributed by atoms with Gasteiger partial charge in [-0.15, -0.1) is 0 Å². The first-order valence-corrected chi connectivity index (χ1v) is 11.5. The lowest BCUT2D eigenvalue weighted by molar-refractivity contribution is -0.131. The number of nitrogens with zero attached hydrogens (tertiary/aromatic N) is 3. The van der Waals surface area contributed by atoms with Gasteiger partial charge in [-0.2, -0.15) is 5.26 Å². The molecule has 6 heteroatoms. The van der Waals surface area contributed by atoms with Crippen LogP contribution < -0.4 is 0 Å². The Hall–Kier alpha value is -3.17. The third-order valence-corrected chi connectivity index (χ3v) is 7.55. The van der Waals surface area contributed by atoms with Gasteiger partial charge in [-0.05, 0) is 90.8 Å². The normalized spacial score (nSPS) is 25.0. The van der Waals surface area contributed by atoms with Gasteiger partial charge in [0.2, 0.25) is 0 Å². The molecule has 3 unspecified atom stereocenters. The Morgan fingerprint density at radius 2 is 1.94 bits per heavy atom. The number of Topliss-reactive ketones (excluding diaryl/α,β-unsaturated/α-hetero) is 1. The third kappa shape index (κ3) is 4.26. The molecule has 2 aromatic heterocycles. The van der Waals surface area contributed by atoms with Crippen LogP contribution in [0.4, 0.5) is 4.39 Å². The quantitative estimate of drug-likeness (QED) is 0.537.